The van der Waals surface area contributed by atoms with E-state index < -0.39 is 0 Å². The molecule has 4 rings (SSSR count). The third-order valence-corrected chi connectivity index (χ3v) is 4.57. The smallest absolute Gasteiger partial charge is 0.257 e. The summed E-state index contributed by atoms with van der Waals surface area (Å²) in [6, 6.07) is 5.76. The summed E-state index contributed by atoms with van der Waals surface area (Å²) in [4.78, 5) is 30.8. The third kappa shape index (κ3) is 3.51. The van der Waals surface area contributed by atoms with Gasteiger partial charge in [0.05, 0.1) is 12.2 Å². The van der Waals surface area contributed by atoms with Crippen LogP contribution in [0, 0.1) is 12.7 Å². The molecular weight excluding hydrogens is 349 g/mol. The SMILES string of the molecule is Cc1cnc2c(C(=O)N[C@@H]3CC(=O)N(Cc4ccc(F)cc4)C3)cnn2c1. The molecule has 2 aromatic heterocycles. The van der Waals surface area contributed by atoms with Crippen molar-refractivity contribution in [2.75, 3.05) is 6.54 Å². The van der Waals surface area contributed by atoms with Gasteiger partial charge in [-0.2, -0.15) is 5.10 Å². The monoisotopic (exact) mass is 367 g/mol. The van der Waals surface area contributed by atoms with Crippen molar-refractivity contribution in [1.82, 2.24) is 24.8 Å². The van der Waals surface area contributed by atoms with E-state index in [1.54, 1.807) is 33.9 Å². The van der Waals surface area contributed by atoms with Crippen LogP contribution in [0.25, 0.3) is 5.65 Å². The van der Waals surface area contributed by atoms with Crippen LogP contribution in [0.5, 0.6) is 0 Å². The quantitative estimate of drug-likeness (QED) is 0.761. The Bertz CT molecular complexity index is 1010. The first-order valence-corrected chi connectivity index (χ1v) is 8.62. The lowest BCUT2D eigenvalue weighted by atomic mass is 10.2. The second-order valence-electron chi connectivity index (χ2n) is 6.73. The molecule has 2 amide bonds. The van der Waals surface area contributed by atoms with Gasteiger partial charge in [-0.1, -0.05) is 12.1 Å². The van der Waals surface area contributed by atoms with Crippen molar-refractivity contribution in [2.45, 2.75) is 25.9 Å². The largest absolute Gasteiger partial charge is 0.347 e. The fraction of sp³-hybridized carbons (Fsp3) is 0.263. The molecule has 0 unspecified atom stereocenters. The van der Waals surface area contributed by atoms with Crippen molar-refractivity contribution in [3.63, 3.8) is 0 Å². The highest BCUT2D eigenvalue weighted by Crippen LogP contribution is 2.17. The average molecular weight is 367 g/mol. The maximum atomic E-state index is 13.0. The Labute approximate surface area is 154 Å². The number of aryl methyl sites for hydroxylation is 1. The summed E-state index contributed by atoms with van der Waals surface area (Å²) >= 11 is 0. The van der Waals surface area contributed by atoms with Crippen LogP contribution in [-0.4, -0.2) is 43.9 Å². The third-order valence-electron chi connectivity index (χ3n) is 4.57. The van der Waals surface area contributed by atoms with Crippen molar-refractivity contribution >= 4 is 17.5 Å². The zero-order valence-corrected chi connectivity index (χ0v) is 14.7. The van der Waals surface area contributed by atoms with E-state index in [1.807, 2.05) is 6.92 Å². The molecule has 1 atom stereocenters. The van der Waals surface area contributed by atoms with E-state index in [0.717, 1.165) is 11.1 Å². The molecule has 3 aromatic rings. The van der Waals surface area contributed by atoms with Crippen LogP contribution in [0.4, 0.5) is 4.39 Å². The number of fused-ring (bicyclic) bond motifs is 1. The molecule has 1 aliphatic rings. The van der Waals surface area contributed by atoms with Crippen LogP contribution in [0.1, 0.15) is 27.9 Å². The minimum absolute atomic E-state index is 0.0433. The molecule has 0 spiro atoms. The molecule has 7 nitrogen and oxygen atoms in total. The van der Waals surface area contributed by atoms with Crippen molar-refractivity contribution in [2.24, 2.45) is 0 Å². The molecule has 1 aliphatic heterocycles. The zero-order chi connectivity index (χ0) is 19.0. The van der Waals surface area contributed by atoms with Crippen molar-refractivity contribution in [3.8, 4) is 0 Å². The molecule has 1 aromatic carbocycles. The Morgan fingerprint density at radius 2 is 2.07 bits per heavy atom. The number of benzene rings is 1. The van der Waals surface area contributed by atoms with Gasteiger partial charge in [-0.3, -0.25) is 9.59 Å². The summed E-state index contributed by atoms with van der Waals surface area (Å²) in [5.41, 5.74) is 2.64. The minimum atomic E-state index is -0.311. The molecule has 0 bridgehead atoms. The zero-order valence-electron chi connectivity index (χ0n) is 14.7. The number of hydrogen-bond donors (Lipinski definition) is 1. The lowest BCUT2D eigenvalue weighted by Gasteiger charge is -2.17. The van der Waals surface area contributed by atoms with Crippen LogP contribution >= 0.6 is 0 Å². The Hall–Kier alpha value is -3.29. The van der Waals surface area contributed by atoms with Crippen LogP contribution in [0.15, 0.2) is 42.9 Å². The average Bonchev–Trinajstić information content (AvgIpc) is 3.20. The molecule has 1 saturated heterocycles. The second-order valence-corrected chi connectivity index (χ2v) is 6.73. The predicted octanol–water partition coefficient (Wildman–Crippen LogP) is 1.71. The summed E-state index contributed by atoms with van der Waals surface area (Å²) in [5, 5.41) is 7.04. The number of aromatic nitrogens is 3. The molecule has 1 fully saturated rings. The summed E-state index contributed by atoms with van der Waals surface area (Å²) in [5.74, 6) is -0.658. The van der Waals surface area contributed by atoms with Gasteiger partial charge in [-0.25, -0.2) is 13.9 Å². The standard InChI is InChI=1S/C19H18FN5O2/c1-12-7-21-18-16(8-22-25(18)9-12)19(27)23-15-6-17(26)24(11-15)10-13-2-4-14(20)5-3-13/h2-5,7-9,15H,6,10-11H2,1H3,(H,23,27)/t15-/m1/s1. The normalized spacial score (nSPS) is 16.9. The van der Waals surface area contributed by atoms with Gasteiger partial charge in [-0.05, 0) is 30.2 Å². The Balaban J connectivity index is 1.43. The van der Waals surface area contributed by atoms with E-state index in [9.17, 15) is 14.0 Å². The lowest BCUT2D eigenvalue weighted by molar-refractivity contribution is -0.128. The number of halogens is 1. The second kappa shape index (κ2) is 6.79. The Morgan fingerprint density at radius 1 is 1.30 bits per heavy atom. The van der Waals surface area contributed by atoms with Gasteiger partial charge < -0.3 is 10.2 Å². The fourth-order valence-corrected chi connectivity index (χ4v) is 3.22. The summed E-state index contributed by atoms with van der Waals surface area (Å²) in [7, 11) is 0. The number of amides is 2. The van der Waals surface area contributed by atoms with Crippen LogP contribution in [0.3, 0.4) is 0 Å². The topological polar surface area (TPSA) is 79.6 Å². The number of hydrogen-bond acceptors (Lipinski definition) is 4. The van der Waals surface area contributed by atoms with Crippen molar-refractivity contribution in [1.29, 1.82) is 0 Å². The first-order valence-electron chi connectivity index (χ1n) is 8.62. The van der Waals surface area contributed by atoms with E-state index >= 15 is 0 Å². The number of nitrogens with zero attached hydrogens (tertiary/aromatic N) is 4. The van der Waals surface area contributed by atoms with Crippen molar-refractivity contribution < 1.29 is 14.0 Å². The molecule has 0 saturated carbocycles. The molecule has 3 heterocycles. The van der Waals surface area contributed by atoms with E-state index in [2.05, 4.69) is 15.4 Å². The molecular formula is C19H18FN5O2. The molecule has 0 aliphatic carbocycles. The van der Waals surface area contributed by atoms with Gasteiger partial charge in [-0.15, -0.1) is 0 Å². The van der Waals surface area contributed by atoms with Gasteiger partial charge in [0.25, 0.3) is 5.91 Å². The van der Waals surface area contributed by atoms with Gasteiger partial charge in [0.15, 0.2) is 5.65 Å². The lowest BCUT2D eigenvalue weighted by Crippen LogP contribution is -2.37. The number of nitrogens with one attached hydrogen (secondary N) is 1. The highest BCUT2D eigenvalue weighted by atomic mass is 19.1. The van der Waals surface area contributed by atoms with E-state index in [0.29, 0.717) is 24.3 Å². The van der Waals surface area contributed by atoms with Crippen LogP contribution in [0.2, 0.25) is 0 Å². The van der Waals surface area contributed by atoms with Crippen LogP contribution < -0.4 is 5.32 Å². The first kappa shape index (κ1) is 17.1. The number of rotatable bonds is 4. The minimum Gasteiger partial charge on any atom is -0.347 e. The molecule has 8 heteroatoms. The molecule has 0 radical (unpaired) electrons. The van der Waals surface area contributed by atoms with Gasteiger partial charge in [0, 0.05) is 31.9 Å². The van der Waals surface area contributed by atoms with E-state index in [-0.39, 0.29) is 30.1 Å². The van der Waals surface area contributed by atoms with Gasteiger partial charge >= 0.3 is 0 Å². The molecule has 27 heavy (non-hydrogen) atoms. The van der Waals surface area contributed by atoms with E-state index in [4.69, 9.17) is 0 Å². The number of carbonyl (C=O) groups is 2. The Morgan fingerprint density at radius 3 is 2.85 bits per heavy atom. The maximum Gasteiger partial charge on any atom is 0.257 e. The fourth-order valence-electron chi connectivity index (χ4n) is 3.22. The van der Waals surface area contributed by atoms with Gasteiger partial charge in [0.2, 0.25) is 5.91 Å². The summed E-state index contributed by atoms with van der Waals surface area (Å²) in [6.45, 7) is 2.70. The predicted molar refractivity (Wildman–Crippen MR) is 95.4 cm³/mol. The molecule has 1 N–H and O–H groups in total. The summed E-state index contributed by atoms with van der Waals surface area (Å²) in [6.07, 6.45) is 5.18. The number of likely N-dealkylation sites (tertiary alicyclic amines) is 1. The number of carbonyl (C=O) groups excluding carboxylic acids is 2. The first-order chi connectivity index (χ1) is 13.0. The highest BCUT2D eigenvalue weighted by Gasteiger charge is 2.31. The Kier molecular flexibility index (Phi) is 4.31. The van der Waals surface area contributed by atoms with Crippen molar-refractivity contribution in [3.05, 3.63) is 65.4 Å². The van der Waals surface area contributed by atoms with Crippen LogP contribution in [-0.2, 0) is 11.3 Å². The summed E-state index contributed by atoms with van der Waals surface area (Å²) < 4.78 is 14.6. The van der Waals surface area contributed by atoms with E-state index in [1.165, 1.54) is 18.3 Å². The highest BCUT2D eigenvalue weighted by molar-refractivity contribution is 6.00. The van der Waals surface area contributed by atoms with Gasteiger partial charge in [0.1, 0.15) is 11.4 Å². The molecule has 138 valence electrons. The maximum absolute atomic E-state index is 13.0.